The van der Waals surface area contributed by atoms with Crippen LogP contribution in [-0.4, -0.2) is 5.78 Å². The van der Waals surface area contributed by atoms with Crippen molar-refractivity contribution in [2.24, 2.45) is 5.92 Å². The van der Waals surface area contributed by atoms with Gasteiger partial charge in [0.05, 0.1) is 0 Å². The third kappa shape index (κ3) is 3.33. The molecule has 1 aliphatic carbocycles. The van der Waals surface area contributed by atoms with Gasteiger partial charge in [0.15, 0.2) is 5.78 Å². The Morgan fingerprint density at radius 1 is 1.38 bits per heavy atom. The third-order valence-corrected chi connectivity index (χ3v) is 3.65. The van der Waals surface area contributed by atoms with Crippen LogP contribution in [0, 0.1) is 5.92 Å². The summed E-state index contributed by atoms with van der Waals surface area (Å²) in [5.74, 6) is 0.735. The topological polar surface area (TPSA) is 17.1 Å². The van der Waals surface area contributed by atoms with E-state index in [9.17, 15) is 4.79 Å². The van der Waals surface area contributed by atoms with Gasteiger partial charge in [0.2, 0.25) is 0 Å². The summed E-state index contributed by atoms with van der Waals surface area (Å²) >= 11 is 0. The van der Waals surface area contributed by atoms with E-state index in [0.29, 0.717) is 18.1 Å². The van der Waals surface area contributed by atoms with E-state index >= 15 is 0 Å². The first-order valence-electron chi connectivity index (χ1n) is 6.43. The van der Waals surface area contributed by atoms with Crippen LogP contribution in [0.1, 0.15) is 59.3 Å². The van der Waals surface area contributed by atoms with Gasteiger partial charge in [-0.15, -0.1) is 0 Å². The van der Waals surface area contributed by atoms with Gasteiger partial charge in [0.1, 0.15) is 0 Å². The zero-order valence-corrected chi connectivity index (χ0v) is 10.9. The molecule has 1 heteroatoms. The molecule has 0 spiro atoms. The van der Waals surface area contributed by atoms with E-state index in [4.69, 9.17) is 0 Å². The lowest BCUT2D eigenvalue weighted by Crippen LogP contribution is -2.18. The molecule has 16 heavy (non-hydrogen) atoms. The van der Waals surface area contributed by atoms with Gasteiger partial charge in [-0.3, -0.25) is 4.79 Å². The number of allylic oxidation sites excluding steroid dienone is 3. The first-order chi connectivity index (χ1) is 7.56. The minimum absolute atomic E-state index is 0.339. The second kappa shape index (κ2) is 6.03. The van der Waals surface area contributed by atoms with Crippen LogP contribution >= 0.6 is 0 Å². The highest BCUT2D eigenvalue weighted by atomic mass is 16.1. The van der Waals surface area contributed by atoms with Crippen molar-refractivity contribution < 1.29 is 4.79 Å². The normalized spacial score (nSPS) is 21.4. The van der Waals surface area contributed by atoms with Crippen molar-refractivity contribution in [2.45, 2.75) is 59.3 Å². The summed E-state index contributed by atoms with van der Waals surface area (Å²) in [7, 11) is 0. The molecule has 0 radical (unpaired) electrons. The van der Waals surface area contributed by atoms with E-state index in [1.54, 1.807) is 0 Å². The molecule has 1 rings (SSSR count). The zero-order valence-electron chi connectivity index (χ0n) is 10.9. The molecule has 0 saturated heterocycles. The maximum atomic E-state index is 11.9. The van der Waals surface area contributed by atoms with Crippen molar-refractivity contribution in [3.63, 3.8) is 0 Å². The minimum atomic E-state index is 0.339. The maximum absolute atomic E-state index is 11.9. The summed E-state index contributed by atoms with van der Waals surface area (Å²) in [4.78, 5) is 11.9. The Hall–Kier alpha value is -0.850. The van der Waals surface area contributed by atoms with E-state index in [2.05, 4.69) is 13.5 Å². The Balaban J connectivity index is 2.67. The summed E-state index contributed by atoms with van der Waals surface area (Å²) in [5, 5.41) is 0. The summed E-state index contributed by atoms with van der Waals surface area (Å²) < 4.78 is 0. The fourth-order valence-corrected chi connectivity index (χ4v) is 2.32. The van der Waals surface area contributed by atoms with Crippen molar-refractivity contribution >= 4 is 5.78 Å². The van der Waals surface area contributed by atoms with E-state index in [0.717, 1.165) is 24.0 Å². The average molecular weight is 220 g/mol. The second-order valence-electron chi connectivity index (χ2n) is 5.06. The van der Waals surface area contributed by atoms with Crippen molar-refractivity contribution in [2.75, 3.05) is 0 Å². The lowest BCUT2D eigenvalue weighted by molar-refractivity contribution is -0.116. The van der Waals surface area contributed by atoms with E-state index in [1.807, 2.05) is 13.8 Å². The Labute approximate surface area is 99.6 Å². The van der Waals surface area contributed by atoms with Gasteiger partial charge in [-0.1, -0.05) is 37.5 Å². The smallest absolute Gasteiger partial charge is 0.159 e. The molecule has 0 fully saturated rings. The average Bonchev–Trinajstić information content (AvgIpc) is 2.24. The number of ketones is 1. The molecule has 0 aromatic rings. The third-order valence-electron chi connectivity index (χ3n) is 3.65. The van der Waals surface area contributed by atoms with Gasteiger partial charge in [0, 0.05) is 6.42 Å². The molecule has 0 amide bonds. The number of hydrogen-bond acceptors (Lipinski definition) is 1. The molecule has 90 valence electrons. The number of rotatable bonds is 5. The Morgan fingerprint density at radius 2 is 2.06 bits per heavy atom. The predicted octanol–water partition coefficient (Wildman–Crippen LogP) is 4.44. The lowest BCUT2D eigenvalue weighted by atomic mass is 9.79. The van der Waals surface area contributed by atoms with Crippen molar-refractivity contribution in [3.05, 3.63) is 23.3 Å². The number of Topliss-reactive ketones (excluding diaryl/α,β-unsaturated/α-hetero) is 1. The van der Waals surface area contributed by atoms with Crippen LogP contribution in [0.4, 0.5) is 0 Å². The highest BCUT2D eigenvalue weighted by Crippen LogP contribution is 2.33. The molecule has 0 aromatic carbocycles. The number of hydrogen-bond donors (Lipinski definition) is 0. The van der Waals surface area contributed by atoms with E-state index in [-0.39, 0.29) is 0 Å². The summed E-state index contributed by atoms with van der Waals surface area (Å²) in [6, 6.07) is 0. The lowest BCUT2D eigenvalue weighted by Gasteiger charge is -2.25. The molecule has 1 atom stereocenters. The van der Waals surface area contributed by atoms with Gasteiger partial charge in [-0.2, -0.15) is 0 Å². The monoisotopic (exact) mass is 220 g/mol. The first-order valence-corrected chi connectivity index (χ1v) is 6.43. The molecule has 0 N–H and O–H groups in total. The SMILES string of the molecule is C=C(C)C1CC(=O)C(C)=C(CCCCC)C1. The molecule has 1 nitrogen and oxygen atoms in total. The zero-order chi connectivity index (χ0) is 12.1. The predicted molar refractivity (Wildman–Crippen MR) is 69.4 cm³/mol. The van der Waals surface area contributed by atoms with E-state index in [1.165, 1.54) is 24.8 Å². The highest BCUT2D eigenvalue weighted by Gasteiger charge is 2.24. The van der Waals surface area contributed by atoms with Gasteiger partial charge in [-0.05, 0) is 44.6 Å². The van der Waals surface area contributed by atoms with Crippen LogP contribution in [-0.2, 0) is 4.79 Å². The Kier molecular flexibility index (Phi) is 4.98. The van der Waals surface area contributed by atoms with Crippen LogP contribution in [0.25, 0.3) is 0 Å². The van der Waals surface area contributed by atoms with Crippen LogP contribution < -0.4 is 0 Å². The number of carbonyl (C=O) groups is 1. The van der Waals surface area contributed by atoms with Crippen molar-refractivity contribution in [1.82, 2.24) is 0 Å². The number of unbranched alkanes of at least 4 members (excludes halogenated alkanes) is 2. The van der Waals surface area contributed by atoms with Crippen molar-refractivity contribution in [3.8, 4) is 0 Å². The molecule has 1 aliphatic rings. The molecular weight excluding hydrogens is 196 g/mol. The Morgan fingerprint density at radius 3 is 2.62 bits per heavy atom. The first kappa shape index (κ1) is 13.2. The summed E-state index contributed by atoms with van der Waals surface area (Å²) in [6.07, 6.45) is 6.58. The Bertz CT molecular complexity index is 309. The quantitative estimate of drug-likeness (QED) is 0.494. The van der Waals surface area contributed by atoms with Crippen LogP contribution in [0.5, 0.6) is 0 Å². The van der Waals surface area contributed by atoms with Gasteiger partial charge in [-0.25, -0.2) is 0 Å². The second-order valence-corrected chi connectivity index (χ2v) is 5.06. The molecule has 0 heterocycles. The van der Waals surface area contributed by atoms with Gasteiger partial charge < -0.3 is 0 Å². The maximum Gasteiger partial charge on any atom is 0.159 e. The van der Waals surface area contributed by atoms with Crippen LogP contribution in [0.3, 0.4) is 0 Å². The molecule has 0 aliphatic heterocycles. The van der Waals surface area contributed by atoms with Gasteiger partial charge in [0.25, 0.3) is 0 Å². The molecule has 1 unspecified atom stereocenters. The molecule has 0 saturated carbocycles. The van der Waals surface area contributed by atoms with Crippen molar-refractivity contribution in [1.29, 1.82) is 0 Å². The van der Waals surface area contributed by atoms with Gasteiger partial charge >= 0.3 is 0 Å². The molecule has 0 bridgehead atoms. The summed E-state index contributed by atoms with van der Waals surface area (Å²) in [6.45, 7) is 10.2. The molecular formula is C15H24O. The summed E-state index contributed by atoms with van der Waals surface area (Å²) in [5.41, 5.74) is 3.58. The fourth-order valence-electron chi connectivity index (χ4n) is 2.32. The minimum Gasteiger partial charge on any atom is -0.295 e. The fraction of sp³-hybridized carbons (Fsp3) is 0.667. The molecule has 0 aromatic heterocycles. The van der Waals surface area contributed by atoms with Crippen LogP contribution in [0.2, 0.25) is 0 Å². The van der Waals surface area contributed by atoms with Crippen LogP contribution in [0.15, 0.2) is 23.3 Å². The van der Waals surface area contributed by atoms with E-state index < -0.39 is 0 Å². The number of carbonyl (C=O) groups excluding carboxylic acids is 1. The largest absolute Gasteiger partial charge is 0.295 e. The highest BCUT2D eigenvalue weighted by molar-refractivity contribution is 5.96. The standard InChI is InChI=1S/C15H24O/c1-5-6-7-8-13-9-14(11(2)3)10-15(16)12(13)4/h14H,2,5-10H2,1,3-4H3.